The smallest absolute Gasteiger partial charge is 0.290 e. The molecule has 0 rings (SSSR count). The van der Waals surface area contributed by atoms with Crippen LogP contribution in [0.4, 0.5) is 52.7 Å². The zero-order valence-corrected chi connectivity index (χ0v) is 20.0. The van der Waals surface area contributed by atoms with Crippen LogP contribution in [0, 0.1) is 12.8 Å². The molecule has 0 aromatic heterocycles. The Balaban J connectivity index is -0.000000211. The summed E-state index contributed by atoms with van der Waals surface area (Å²) in [6.07, 6.45) is -20.3. The molecule has 4 nitrogen and oxygen atoms in total. The Bertz CT molecular complexity index is 678. The zero-order valence-electron chi connectivity index (χ0n) is 19.2. The molecule has 36 heavy (non-hydrogen) atoms. The molecular formula is C19H24ClF12O4+. The van der Waals surface area contributed by atoms with Crippen molar-refractivity contribution in [1.82, 2.24) is 0 Å². The van der Waals surface area contributed by atoms with E-state index in [9.17, 15) is 71.9 Å². The fraction of sp³-hybridized carbons (Fsp3) is 0.737. The fourth-order valence-electron chi connectivity index (χ4n) is 1.31. The van der Waals surface area contributed by atoms with Gasteiger partial charge < -0.3 is 0 Å². The quantitative estimate of drug-likeness (QED) is 0.190. The topological polar surface area (TPSA) is 68.3 Å². The number of alkyl halides is 13. The summed E-state index contributed by atoms with van der Waals surface area (Å²) < 4.78 is 138. The summed E-state index contributed by atoms with van der Waals surface area (Å²) in [5.74, 6) is -10.3. The second-order valence-corrected chi connectivity index (χ2v) is 7.12. The van der Waals surface area contributed by atoms with Gasteiger partial charge in [-0.3, -0.25) is 19.2 Å². The van der Waals surface area contributed by atoms with Crippen molar-refractivity contribution >= 4 is 34.7 Å². The van der Waals surface area contributed by atoms with Crippen LogP contribution in [0.15, 0.2) is 0 Å². The molecule has 0 bridgehead atoms. The molecule has 0 aliphatic heterocycles. The number of hydrogen-bond donors (Lipinski definition) is 0. The van der Waals surface area contributed by atoms with Crippen molar-refractivity contribution in [2.24, 2.45) is 5.92 Å². The number of ketones is 4. The van der Waals surface area contributed by atoms with Crippen LogP contribution in [-0.2, 0) is 19.2 Å². The minimum atomic E-state index is -5.22. The molecule has 0 spiro atoms. The van der Waals surface area contributed by atoms with Gasteiger partial charge in [-0.25, -0.2) is 0 Å². The number of halogens is 13. The van der Waals surface area contributed by atoms with Crippen molar-refractivity contribution in [1.29, 1.82) is 0 Å². The zero-order chi connectivity index (χ0) is 30.3. The first-order valence-corrected chi connectivity index (χ1v) is 10.0. The maximum absolute atomic E-state index is 11.7. The molecule has 0 saturated heterocycles. The highest BCUT2D eigenvalue weighted by Crippen LogP contribution is 2.26. The number of carbonyl (C=O) groups is 4. The largest absolute Gasteiger partial charge is 0.456 e. The number of rotatable bonds is 6. The Kier molecular flexibility index (Phi) is 19.9. The number of hydrogen-bond acceptors (Lipinski definition) is 4. The first-order chi connectivity index (χ1) is 15.7. The van der Waals surface area contributed by atoms with E-state index >= 15 is 0 Å². The van der Waals surface area contributed by atoms with E-state index in [2.05, 4.69) is 20.8 Å². The van der Waals surface area contributed by atoms with E-state index in [0.717, 1.165) is 0 Å². The molecule has 2 unspecified atom stereocenters. The standard InChI is InChI=1S/C7H6F6O2.C5H7F3O.C4H3ClF3O.C3H8/c1-3(5(15)7(11,12)13)2-4(14)6(8,9)10;1-2-3-4(9)5(6,7)8;1-2(5)3(9)4(6,7)8;1-3-2/h3H,2H2,1H3;2-3H2,1H3;2H,1H2;3H2,1-2H3/q;;+1;. The molecule has 0 aliphatic carbocycles. The Labute approximate surface area is 203 Å². The maximum atomic E-state index is 11.7. The van der Waals surface area contributed by atoms with Crippen molar-refractivity contribution in [3.05, 3.63) is 6.92 Å². The summed E-state index contributed by atoms with van der Waals surface area (Å²) in [6.45, 7) is 9.11. The van der Waals surface area contributed by atoms with Crippen LogP contribution in [0.5, 0.6) is 0 Å². The molecule has 214 valence electrons. The van der Waals surface area contributed by atoms with Crippen LogP contribution in [0.1, 0.15) is 53.4 Å². The van der Waals surface area contributed by atoms with E-state index in [0.29, 0.717) is 6.92 Å². The molecule has 0 radical (unpaired) electrons. The highest BCUT2D eigenvalue weighted by Gasteiger charge is 2.46. The van der Waals surface area contributed by atoms with Crippen LogP contribution < -0.4 is 0 Å². The average molecular weight is 580 g/mol. The predicted molar refractivity (Wildman–Crippen MR) is 104 cm³/mol. The number of carbonyl (C=O) groups excluding carboxylic acids is 4. The van der Waals surface area contributed by atoms with Crippen molar-refractivity contribution in [2.75, 3.05) is 0 Å². The lowest BCUT2D eigenvalue weighted by Gasteiger charge is -2.12. The third kappa shape index (κ3) is 22.5. The molecule has 0 heterocycles. The van der Waals surface area contributed by atoms with Crippen molar-refractivity contribution in [3.8, 4) is 0 Å². The summed E-state index contributed by atoms with van der Waals surface area (Å²) in [5, 5.41) is -1.73. The van der Waals surface area contributed by atoms with Gasteiger partial charge in [0.15, 0.2) is 0 Å². The predicted octanol–water partition coefficient (Wildman–Crippen LogP) is 7.17. The van der Waals surface area contributed by atoms with Crippen LogP contribution in [0.25, 0.3) is 0 Å². The molecular weight excluding hydrogens is 556 g/mol. The van der Waals surface area contributed by atoms with Gasteiger partial charge >= 0.3 is 24.7 Å². The lowest BCUT2D eigenvalue weighted by Crippen LogP contribution is -2.33. The van der Waals surface area contributed by atoms with E-state index in [1.54, 1.807) is 0 Å². The van der Waals surface area contributed by atoms with Gasteiger partial charge in [-0.15, -0.1) is 0 Å². The lowest BCUT2D eigenvalue weighted by atomic mass is 9.99. The molecule has 0 aromatic carbocycles. The van der Waals surface area contributed by atoms with Crippen LogP contribution in [-0.4, -0.2) is 53.2 Å². The SMILES string of the molecule is CC(CC(=O)C(F)(F)F)C(=O)C(F)(F)F.CCC.CCCC(=O)C(F)(F)F.[CH2+]C(Cl)C(=O)C(F)(F)F. The molecule has 0 aromatic rings. The molecule has 0 fully saturated rings. The van der Waals surface area contributed by atoms with Gasteiger partial charge in [0.05, 0.1) is 6.92 Å². The second-order valence-electron chi connectivity index (χ2n) is 6.60. The van der Waals surface area contributed by atoms with E-state index < -0.39 is 72.0 Å². The van der Waals surface area contributed by atoms with Crippen LogP contribution in [0.3, 0.4) is 0 Å². The molecule has 2 atom stereocenters. The lowest BCUT2D eigenvalue weighted by molar-refractivity contribution is -0.180. The fourth-order valence-corrected chi connectivity index (χ4v) is 1.44. The third-order valence-corrected chi connectivity index (χ3v) is 3.09. The molecule has 0 N–H and O–H groups in total. The molecule has 17 heteroatoms. The van der Waals surface area contributed by atoms with Crippen molar-refractivity contribution < 1.29 is 71.9 Å². The van der Waals surface area contributed by atoms with Gasteiger partial charge in [-0.2, -0.15) is 52.7 Å². The van der Waals surface area contributed by atoms with Crippen LogP contribution >= 0.6 is 11.6 Å². The van der Waals surface area contributed by atoms with Crippen LogP contribution in [0.2, 0.25) is 0 Å². The Hall–Kier alpha value is -2.00. The minimum Gasteiger partial charge on any atom is -0.290 e. The average Bonchev–Trinajstić information content (AvgIpc) is 2.65. The van der Waals surface area contributed by atoms with Gasteiger partial charge in [0, 0.05) is 18.8 Å². The minimum absolute atomic E-state index is 0.248. The van der Waals surface area contributed by atoms with Gasteiger partial charge in [-0.1, -0.05) is 45.7 Å². The first-order valence-electron chi connectivity index (χ1n) is 9.60. The summed E-state index contributed by atoms with van der Waals surface area (Å²) in [6, 6.07) is 0. The Morgan fingerprint density at radius 2 is 0.972 bits per heavy atom. The van der Waals surface area contributed by atoms with E-state index in [4.69, 9.17) is 11.6 Å². The number of Topliss-reactive ketones (excluding diaryl/α,β-unsaturated/α-hetero) is 4. The highest BCUT2D eigenvalue weighted by molar-refractivity contribution is 6.32. The Morgan fingerprint density at radius 3 is 1.11 bits per heavy atom. The van der Waals surface area contributed by atoms with Gasteiger partial charge in [-0.05, 0) is 6.42 Å². The van der Waals surface area contributed by atoms with E-state index in [1.165, 1.54) is 13.3 Å². The van der Waals surface area contributed by atoms with Gasteiger partial charge in [0.2, 0.25) is 22.7 Å². The molecule has 0 aliphatic rings. The summed E-state index contributed by atoms with van der Waals surface area (Å²) in [5.41, 5.74) is 0. The highest BCUT2D eigenvalue weighted by atomic mass is 35.5. The van der Waals surface area contributed by atoms with Gasteiger partial charge in [0.25, 0.3) is 5.78 Å². The molecule has 0 amide bonds. The summed E-state index contributed by atoms with van der Waals surface area (Å²) in [7, 11) is 0. The normalized spacial score (nSPS) is 13.4. The molecule has 0 saturated carbocycles. The monoisotopic (exact) mass is 579 g/mol. The van der Waals surface area contributed by atoms with E-state index in [-0.39, 0.29) is 6.42 Å². The second kappa shape index (κ2) is 17.5. The van der Waals surface area contributed by atoms with Gasteiger partial charge in [0.1, 0.15) is 0 Å². The Morgan fingerprint density at radius 1 is 0.667 bits per heavy atom. The van der Waals surface area contributed by atoms with E-state index in [1.807, 2.05) is 0 Å². The maximum Gasteiger partial charge on any atom is 0.456 e. The summed E-state index contributed by atoms with van der Waals surface area (Å²) in [4.78, 5) is 40.4. The summed E-state index contributed by atoms with van der Waals surface area (Å²) >= 11 is 4.73. The van der Waals surface area contributed by atoms with Crippen molar-refractivity contribution in [3.63, 3.8) is 0 Å². The third-order valence-electron chi connectivity index (χ3n) is 2.89. The first kappa shape index (κ1) is 41.1. The van der Waals surface area contributed by atoms with Crippen molar-refractivity contribution in [2.45, 2.75) is 83.5 Å².